The minimum Gasteiger partial charge on any atom is -0.383 e. The third-order valence-electron chi connectivity index (χ3n) is 4.72. The molecule has 1 N–H and O–H groups in total. The first kappa shape index (κ1) is 24.7. The molecule has 3 aromatic rings. The minimum atomic E-state index is -3.62. The molecule has 0 radical (unpaired) electrons. The van der Waals surface area contributed by atoms with Crippen molar-refractivity contribution < 1.29 is 27.1 Å². The lowest BCUT2D eigenvalue weighted by atomic mass is 10.3. The second kappa shape index (κ2) is 10.8. The van der Waals surface area contributed by atoms with Crippen LogP contribution in [0.5, 0.6) is 0 Å². The number of thiazole rings is 1. The van der Waals surface area contributed by atoms with Crippen molar-refractivity contribution in [2.45, 2.75) is 31.2 Å². The van der Waals surface area contributed by atoms with Crippen molar-refractivity contribution in [1.29, 1.82) is 0 Å². The summed E-state index contributed by atoms with van der Waals surface area (Å²) in [6.07, 6.45) is 0.0494. The summed E-state index contributed by atoms with van der Waals surface area (Å²) in [6.45, 7) is 2.31. The molecule has 0 saturated carbocycles. The highest BCUT2D eigenvalue weighted by Gasteiger charge is 2.15. The highest BCUT2D eigenvalue weighted by molar-refractivity contribution is 7.91. The molecule has 0 aliphatic heterocycles. The topological polar surface area (TPSA) is 107 Å². The molecule has 0 aliphatic carbocycles. The number of carbonyl (C=O) groups excluding carboxylic acids is 2. The predicted octanol–water partition coefficient (Wildman–Crippen LogP) is 3.13. The Morgan fingerprint density at radius 2 is 1.91 bits per heavy atom. The number of aromatic nitrogens is 1. The van der Waals surface area contributed by atoms with Crippen LogP contribution in [0.3, 0.4) is 0 Å². The lowest BCUT2D eigenvalue weighted by molar-refractivity contribution is -0.118. The van der Waals surface area contributed by atoms with Crippen LogP contribution in [0.4, 0.5) is 10.1 Å². The van der Waals surface area contributed by atoms with Crippen molar-refractivity contribution in [3.63, 3.8) is 0 Å². The number of benzene rings is 2. The number of ether oxygens (including phenoxy) is 1. The molecule has 1 aromatic heterocycles. The first-order valence-electron chi connectivity index (χ1n) is 10.2. The Labute approximate surface area is 194 Å². The number of fused-ring (bicyclic) bond motifs is 1. The molecule has 0 spiro atoms. The van der Waals surface area contributed by atoms with E-state index in [0.29, 0.717) is 23.6 Å². The van der Waals surface area contributed by atoms with E-state index in [9.17, 15) is 22.4 Å². The molecule has 8 nitrogen and oxygen atoms in total. The first-order valence-corrected chi connectivity index (χ1v) is 12.6. The Balaban J connectivity index is 1.78. The Bertz CT molecular complexity index is 1330. The molecule has 0 fully saturated rings. The molecule has 33 heavy (non-hydrogen) atoms. The van der Waals surface area contributed by atoms with Crippen LogP contribution in [0, 0.1) is 5.82 Å². The number of hydrogen-bond donors (Lipinski definition) is 1. The van der Waals surface area contributed by atoms with Gasteiger partial charge in [0.25, 0.3) is 0 Å². The van der Waals surface area contributed by atoms with Crippen molar-refractivity contribution in [3.05, 3.63) is 53.1 Å². The number of hydrogen-bond acceptors (Lipinski definition) is 6. The highest BCUT2D eigenvalue weighted by atomic mass is 32.2. The maximum atomic E-state index is 13.0. The van der Waals surface area contributed by atoms with E-state index in [1.165, 1.54) is 30.4 Å². The lowest BCUT2D eigenvalue weighted by Crippen LogP contribution is -2.19. The number of halogens is 1. The van der Waals surface area contributed by atoms with Gasteiger partial charge in [0.1, 0.15) is 5.82 Å². The molecule has 2 amide bonds. The van der Waals surface area contributed by atoms with Gasteiger partial charge in [0, 0.05) is 32.7 Å². The van der Waals surface area contributed by atoms with Gasteiger partial charge in [0.15, 0.2) is 14.6 Å². The summed E-state index contributed by atoms with van der Waals surface area (Å²) in [6, 6.07) is 10.0. The number of rotatable bonds is 9. The van der Waals surface area contributed by atoms with Crippen LogP contribution in [0.15, 0.2) is 52.4 Å². The fourth-order valence-corrected chi connectivity index (χ4v) is 5.60. The van der Waals surface area contributed by atoms with Gasteiger partial charge in [-0.25, -0.2) is 12.8 Å². The minimum absolute atomic E-state index is 0.0187. The molecule has 0 aliphatic rings. The van der Waals surface area contributed by atoms with Crippen LogP contribution in [0.2, 0.25) is 0 Å². The van der Waals surface area contributed by atoms with Crippen molar-refractivity contribution in [2.75, 3.05) is 24.8 Å². The van der Waals surface area contributed by atoms with E-state index in [1.807, 2.05) is 16.7 Å². The van der Waals surface area contributed by atoms with Gasteiger partial charge in [-0.3, -0.25) is 9.59 Å². The van der Waals surface area contributed by atoms with E-state index >= 15 is 0 Å². The molecule has 2 aromatic carbocycles. The van der Waals surface area contributed by atoms with E-state index < -0.39 is 21.6 Å². The number of nitrogens with one attached hydrogen (secondary N) is 1. The molecule has 0 bridgehead atoms. The maximum Gasteiger partial charge on any atom is 0.248 e. The Hall–Kier alpha value is -2.89. The van der Waals surface area contributed by atoms with Gasteiger partial charge in [-0.2, -0.15) is 4.99 Å². The molecular weight excluding hydrogens is 469 g/mol. The summed E-state index contributed by atoms with van der Waals surface area (Å²) in [5.41, 5.74) is 1.48. The number of nitrogens with zero attached hydrogens (tertiary/aromatic N) is 2. The van der Waals surface area contributed by atoms with Crippen LogP contribution in [0.1, 0.15) is 19.8 Å². The van der Waals surface area contributed by atoms with Gasteiger partial charge in [-0.05, 0) is 48.9 Å². The third kappa shape index (κ3) is 6.56. The maximum absolute atomic E-state index is 13.0. The van der Waals surface area contributed by atoms with Crippen LogP contribution < -0.4 is 10.1 Å². The molecule has 176 valence electrons. The number of carbonyl (C=O) groups is 2. The van der Waals surface area contributed by atoms with E-state index in [2.05, 4.69) is 10.3 Å². The van der Waals surface area contributed by atoms with E-state index in [1.54, 1.807) is 13.2 Å². The smallest absolute Gasteiger partial charge is 0.248 e. The SMILES string of the molecule is COCCn1c(=NC(=O)CCCS(=O)(=O)c2ccc(F)cc2)sc2cc(NC(C)=O)ccc21. The summed E-state index contributed by atoms with van der Waals surface area (Å²) in [4.78, 5) is 28.5. The van der Waals surface area contributed by atoms with Crippen LogP contribution in [-0.4, -0.2) is 44.3 Å². The zero-order valence-corrected chi connectivity index (χ0v) is 19.8. The van der Waals surface area contributed by atoms with Gasteiger partial charge in [0.05, 0.1) is 27.5 Å². The molecule has 1 heterocycles. The molecule has 0 atom stereocenters. The molecule has 11 heteroatoms. The monoisotopic (exact) mass is 493 g/mol. The van der Waals surface area contributed by atoms with Crippen molar-refractivity contribution >= 4 is 48.9 Å². The fourth-order valence-electron chi connectivity index (χ4n) is 3.17. The van der Waals surface area contributed by atoms with E-state index in [-0.39, 0.29) is 29.4 Å². The fraction of sp³-hybridized carbons (Fsp3) is 0.318. The third-order valence-corrected chi connectivity index (χ3v) is 7.58. The molecular formula is C22H24FN3O5S2. The summed E-state index contributed by atoms with van der Waals surface area (Å²) < 4.78 is 45.6. The Kier molecular flexibility index (Phi) is 8.11. The summed E-state index contributed by atoms with van der Waals surface area (Å²) in [7, 11) is -2.04. The highest BCUT2D eigenvalue weighted by Crippen LogP contribution is 2.22. The van der Waals surface area contributed by atoms with Crippen molar-refractivity contribution in [2.24, 2.45) is 4.99 Å². The van der Waals surface area contributed by atoms with E-state index in [0.717, 1.165) is 22.3 Å². The normalized spacial score (nSPS) is 12.3. The van der Waals surface area contributed by atoms with Crippen molar-refractivity contribution in [1.82, 2.24) is 4.57 Å². The predicted molar refractivity (Wildman–Crippen MR) is 124 cm³/mol. The Morgan fingerprint density at radius 3 is 2.58 bits per heavy atom. The van der Waals surface area contributed by atoms with Gasteiger partial charge >= 0.3 is 0 Å². The standard InChI is InChI=1S/C22H24FN3O5S2/c1-15(27)24-17-7-10-19-20(14-17)32-22(26(19)11-12-31-2)25-21(28)4-3-13-33(29,30)18-8-5-16(23)6-9-18/h5-10,14H,3-4,11-13H2,1-2H3,(H,24,27). The average Bonchev–Trinajstić information content (AvgIpc) is 3.07. The molecule has 3 rings (SSSR count). The van der Waals surface area contributed by atoms with Gasteiger partial charge in [-0.15, -0.1) is 0 Å². The average molecular weight is 494 g/mol. The Morgan fingerprint density at radius 1 is 1.18 bits per heavy atom. The molecule has 0 saturated heterocycles. The van der Waals surface area contributed by atoms with Crippen LogP contribution in [-0.2, 0) is 30.7 Å². The number of methoxy groups -OCH3 is 1. The largest absolute Gasteiger partial charge is 0.383 e. The van der Waals surface area contributed by atoms with E-state index in [4.69, 9.17) is 4.74 Å². The summed E-state index contributed by atoms with van der Waals surface area (Å²) in [5.74, 6) is -1.38. The van der Waals surface area contributed by atoms with Gasteiger partial charge < -0.3 is 14.6 Å². The summed E-state index contributed by atoms with van der Waals surface area (Å²) in [5, 5.41) is 2.73. The zero-order chi connectivity index (χ0) is 24.0. The number of amides is 2. The van der Waals surface area contributed by atoms with Gasteiger partial charge in [0.2, 0.25) is 11.8 Å². The first-order chi connectivity index (χ1) is 15.7. The number of anilines is 1. The van der Waals surface area contributed by atoms with Crippen molar-refractivity contribution in [3.8, 4) is 0 Å². The van der Waals surface area contributed by atoms with Crippen LogP contribution >= 0.6 is 11.3 Å². The number of sulfone groups is 1. The summed E-state index contributed by atoms with van der Waals surface area (Å²) >= 11 is 1.30. The van der Waals surface area contributed by atoms with Crippen LogP contribution in [0.25, 0.3) is 10.2 Å². The second-order valence-corrected chi connectivity index (χ2v) is 10.4. The second-order valence-electron chi connectivity index (χ2n) is 7.27. The van der Waals surface area contributed by atoms with Gasteiger partial charge in [-0.1, -0.05) is 11.3 Å². The zero-order valence-electron chi connectivity index (χ0n) is 18.2. The quantitative estimate of drug-likeness (QED) is 0.461. The molecule has 0 unspecified atom stereocenters. The lowest BCUT2D eigenvalue weighted by Gasteiger charge is -2.06.